The van der Waals surface area contributed by atoms with Crippen molar-refractivity contribution >= 4 is 28.1 Å². The molecule has 2 aromatic rings. The number of aliphatic carboxylic acids is 1. The van der Waals surface area contributed by atoms with Crippen LogP contribution in [0.4, 0.5) is 10.8 Å². The SMILES string of the molecule is N#Cc1cccc(Nc2nc(C(N)C(=O)O)cs2)c1. The van der Waals surface area contributed by atoms with E-state index in [2.05, 4.69) is 10.3 Å². The maximum Gasteiger partial charge on any atom is 0.326 e. The molecule has 4 N–H and O–H groups in total. The fraction of sp³-hybridized carbons (Fsp3) is 0.0833. The van der Waals surface area contributed by atoms with Gasteiger partial charge in [-0.15, -0.1) is 11.3 Å². The van der Waals surface area contributed by atoms with Gasteiger partial charge in [-0.1, -0.05) is 6.07 Å². The van der Waals surface area contributed by atoms with Crippen molar-refractivity contribution in [1.82, 2.24) is 4.98 Å². The van der Waals surface area contributed by atoms with Gasteiger partial charge in [0.05, 0.1) is 17.3 Å². The number of nitrogens with two attached hydrogens (primary N) is 1. The van der Waals surface area contributed by atoms with Crippen LogP contribution in [0.5, 0.6) is 0 Å². The molecule has 1 aromatic carbocycles. The molecule has 0 radical (unpaired) electrons. The Labute approximate surface area is 113 Å². The van der Waals surface area contributed by atoms with Crippen LogP contribution in [0, 0.1) is 11.3 Å². The van der Waals surface area contributed by atoms with Crippen LogP contribution < -0.4 is 11.1 Å². The molecule has 0 aliphatic rings. The second-order valence-corrected chi connectivity index (χ2v) is 4.57. The lowest BCUT2D eigenvalue weighted by atomic mass is 10.2. The van der Waals surface area contributed by atoms with E-state index in [1.807, 2.05) is 6.07 Å². The number of nitriles is 1. The van der Waals surface area contributed by atoms with E-state index in [0.29, 0.717) is 22.1 Å². The summed E-state index contributed by atoms with van der Waals surface area (Å²) in [5.74, 6) is -1.12. The first-order valence-corrected chi connectivity index (χ1v) is 6.19. The quantitative estimate of drug-likeness (QED) is 0.784. The third kappa shape index (κ3) is 3.07. The van der Waals surface area contributed by atoms with E-state index >= 15 is 0 Å². The molecule has 0 aliphatic carbocycles. The standard InChI is InChI=1S/C12H10N4O2S/c13-5-7-2-1-3-8(4-7)15-12-16-9(6-19-12)10(14)11(17)18/h1-4,6,10H,14H2,(H,15,16)(H,17,18). The lowest BCUT2D eigenvalue weighted by molar-refractivity contribution is -0.138. The van der Waals surface area contributed by atoms with Crippen molar-refractivity contribution in [2.45, 2.75) is 6.04 Å². The maximum atomic E-state index is 10.7. The van der Waals surface area contributed by atoms with Crippen LogP contribution in [-0.4, -0.2) is 16.1 Å². The molecule has 0 aliphatic heterocycles. The summed E-state index contributed by atoms with van der Waals surface area (Å²) in [7, 11) is 0. The Balaban J connectivity index is 2.16. The summed E-state index contributed by atoms with van der Waals surface area (Å²) in [5.41, 5.74) is 7.01. The van der Waals surface area contributed by atoms with E-state index in [0.717, 1.165) is 0 Å². The van der Waals surface area contributed by atoms with Gasteiger partial charge in [-0.3, -0.25) is 4.79 Å². The van der Waals surface area contributed by atoms with E-state index in [4.69, 9.17) is 16.1 Å². The van der Waals surface area contributed by atoms with Crippen molar-refractivity contribution < 1.29 is 9.90 Å². The zero-order chi connectivity index (χ0) is 13.8. The Morgan fingerprint density at radius 2 is 2.37 bits per heavy atom. The van der Waals surface area contributed by atoms with Gasteiger partial charge < -0.3 is 16.2 Å². The average Bonchev–Trinajstić information content (AvgIpc) is 2.86. The van der Waals surface area contributed by atoms with E-state index in [-0.39, 0.29) is 0 Å². The number of hydrogen-bond donors (Lipinski definition) is 3. The van der Waals surface area contributed by atoms with E-state index in [1.54, 1.807) is 29.6 Å². The molecule has 6 nitrogen and oxygen atoms in total. The molecule has 1 atom stereocenters. The third-order valence-electron chi connectivity index (χ3n) is 2.35. The molecule has 1 unspecified atom stereocenters. The van der Waals surface area contributed by atoms with E-state index in [9.17, 15) is 4.79 Å². The Kier molecular flexibility index (Phi) is 3.75. The van der Waals surface area contributed by atoms with Crippen LogP contribution in [0.15, 0.2) is 29.6 Å². The van der Waals surface area contributed by atoms with Crippen molar-refractivity contribution in [2.24, 2.45) is 5.73 Å². The van der Waals surface area contributed by atoms with Gasteiger partial charge in [0.2, 0.25) is 0 Å². The first kappa shape index (κ1) is 13.0. The van der Waals surface area contributed by atoms with Gasteiger partial charge in [0, 0.05) is 11.1 Å². The number of rotatable bonds is 4. The van der Waals surface area contributed by atoms with E-state index < -0.39 is 12.0 Å². The van der Waals surface area contributed by atoms with Gasteiger partial charge in [0.15, 0.2) is 5.13 Å². The number of carboxylic acids is 1. The number of aromatic nitrogens is 1. The minimum absolute atomic E-state index is 0.302. The highest BCUT2D eigenvalue weighted by Crippen LogP contribution is 2.23. The van der Waals surface area contributed by atoms with Crippen LogP contribution in [0.25, 0.3) is 0 Å². The van der Waals surface area contributed by atoms with Crippen molar-refractivity contribution in [3.05, 3.63) is 40.9 Å². The number of thiazole rings is 1. The first-order valence-electron chi connectivity index (χ1n) is 5.31. The molecule has 2 rings (SSSR count). The van der Waals surface area contributed by atoms with Gasteiger partial charge in [-0.2, -0.15) is 5.26 Å². The second kappa shape index (κ2) is 5.48. The molecule has 0 amide bonds. The van der Waals surface area contributed by atoms with Gasteiger partial charge in [0.25, 0.3) is 0 Å². The Bertz CT molecular complexity index is 647. The number of benzene rings is 1. The van der Waals surface area contributed by atoms with Crippen LogP contribution in [0.3, 0.4) is 0 Å². The average molecular weight is 274 g/mol. The predicted molar refractivity (Wildman–Crippen MR) is 71.1 cm³/mol. The topological polar surface area (TPSA) is 112 Å². The molecule has 0 fully saturated rings. The first-order chi connectivity index (χ1) is 9.10. The van der Waals surface area contributed by atoms with Crippen LogP contribution >= 0.6 is 11.3 Å². The summed E-state index contributed by atoms with van der Waals surface area (Å²) >= 11 is 1.26. The summed E-state index contributed by atoms with van der Waals surface area (Å²) in [4.78, 5) is 14.8. The highest BCUT2D eigenvalue weighted by atomic mass is 32.1. The number of hydrogen-bond acceptors (Lipinski definition) is 6. The van der Waals surface area contributed by atoms with Gasteiger partial charge in [-0.05, 0) is 18.2 Å². The smallest absolute Gasteiger partial charge is 0.326 e. The van der Waals surface area contributed by atoms with Crippen molar-refractivity contribution in [1.29, 1.82) is 5.26 Å². The summed E-state index contributed by atoms with van der Waals surface area (Å²) < 4.78 is 0. The highest BCUT2D eigenvalue weighted by Gasteiger charge is 2.17. The maximum absolute atomic E-state index is 10.7. The fourth-order valence-electron chi connectivity index (χ4n) is 1.40. The van der Waals surface area contributed by atoms with Gasteiger partial charge in [-0.25, -0.2) is 4.98 Å². The van der Waals surface area contributed by atoms with Crippen LogP contribution in [0.1, 0.15) is 17.3 Å². The van der Waals surface area contributed by atoms with Gasteiger partial charge in [0.1, 0.15) is 6.04 Å². The largest absolute Gasteiger partial charge is 0.480 e. The lowest BCUT2D eigenvalue weighted by Gasteiger charge is -2.03. The minimum Gasteiger partial charge on any atom is -0.480 e. The zero-order valence-electron chi connectivity index (χ0n) is 9.70. The molecule has 1 heterocycles. The Morgan fingerprint density at radius 3 is 3.05 bits per heavy atom. The second-order valence-electron chi connectivity index (χ2n) is 3.71. The molecule has 0 bridgehead atoms. The summed E-state index contributed by atoms with van der Waals surface area (Å²) in [6, 6.07) is 7.82. The fourth-order valence-corrected chi connectivity index (χ4v) is 2.17. The molecule has 19 heavy (non-hydrogen) atoms. The van der Waals surface area contributed by atoms with Crippen molar-refractivity contribution in [2.75, 3.05) is 5.32 Å². The van der Waals surface area contributed by atoms with Crippen LogP contribution in [0.2, 0.25) is 0 Å². The van der Waals surface area contributed by atoms with Crippen molar-refractivity contribution in [3.63, 3.8) is 0 Å². The summed E-state index contributed by atoms with van der Waals surface area (Å²) in [6.07, 6.45) is 0. The summed E-state index contributed by atoms with van der Waals surface area (Å²) in [5, 5.41) is 22.7. The molecular weight excluding hydrogens is 264 g/mol. The van der Waals surface area contributed by atoms with Crippen LogP contribution in [-0.2, 0) is 4.79 Å². The number of nitrogens with zero attached hydrogens (tertiary/aromatic N) is 2. The van der Waals surface area contributed by atoms with E-state index in [1.165, 1.54) is 11.3 Å². The number of carbonyl (C=O) groups is 1. The Hall–Kier alpha value is -2.43. The molecule has 1 aromatic heterocycles. The monoisotopic (exact) mass is 274 g/mol. The molecular formula is C12H10N4O2S. The molecule has 7 heteroatoms. The lowest BCUT2D eigenvalue weighted by Crippen LogP contribution is -2.20. The van der Waals surface area contributed by atoms with Gasteiger partial charge >= 0.3 is 5.97 Å². The third-order valence-corrected chi connectivity index (χ3v) is 3.13. The summed E-state index contributed by atoms with van der Waals surface area (Å²) in [6.45, 7) is 0. The van der Waals surface area contributed by atoms with Crippen molar-refractivity contribution in [3.8, 4) is 6.07 Å². The highest BCUT2D eigenvalue weighted by molar-refractivity contribution is 7.13. The number of anilines is 2. The minimum atomic E-state index is -1.13. The molecule has 0 saturated carbocycles. The number of carboxylic acid groups (broad SMARTS) is 1. The predicted octanol–water partition coefficient (Wildman–Crippen LogP) is 1.84. The Morgan fingerprint density at radius 1 is 1.58 bits per heavy atom. The normalized spacial score (nSPS) is 11.6. The number of nitrogens with one attached hydrogen (secondary N) is 1. The molecule has 96 valence electrons. The molecule has 0 spiro atoms. The zero-order valence-corrected chi connectivity index (χ0v) is 10.5. The molecule has 0 saturated heterocycles.